The van der Waals surface area contributed by atoms with Gasteiger partial charge in [-0.1, -0.05) is 12.1 Å². The molecular formula is C20H31FN6. The Labute approximate surface area is 161 Å². The minimum Gasteiger partial charge on any atom is -0.372 e. The molecule has 1 aromatic carbocycles. The van der Waals surface area contributed by atoms with Gasteiger partial charge in [0.05, 0.1) is 17.9 Å². The summed E-state index contributed by atoms with van der Waals surface area (Å²) in [7, 11) is 3.86. The number of nitrogens with zero attached hydrogens (tertiary/aromatic N) is 4. The summed E-state index contributed by atoms with van der Waals surface area (Å²) in [5.74, 6) is 0.596. The van der Waals surface area contributed by atoms with Crippen molar-refractivity contribution in [2.45, 2.75) is 33.7 Å². The number of hydrogen-bond donors (Lipinski definition) is 2. The minimum absolute atomic E-state index is 0.190. The van der Waals surface area contributed by atoms with Crippen molar-refractivity contribution in [2.75, 3.05) is 31.6 Å². The molecule has 148 valence electrons. The number of nitrogens with one attached hydrogen (secondary N) is 2. The van der Waals surface area contributed by atoms with Gasteiger partial charge in [0.15, 0.2) is 5.96 Å². The van der Waals surface area contributed by atoms with E-state index in [2.05, 4.69) is 27.6 Å². The zero-order valence-electron chi connectivity index (χ0n) is 17.0. The number of anilines is 1. The van der Waals surface area contributed by atoms with E-state index in [-0.39, 0.29) is 5.82 Å². The molecule has 27 heavy (non-hydrogen) atoms. The van der Waals surface area contributed by atoms with Crippen LogP contribution in [0.1, 0.15) is 30.3 Å². The molecule has 0 atom stereocenters. The number of hydrogen-bond acceptors (Lipinski definition) is 3. The van der Waals surface area contributed by atoms with Crippen LogP contribution in [0.5, 0.6) is 0 Å². The van der Waals surface area contributed by atoms with Crippen molar-refractivity contribution in [2.24, 2.45) is 12.0 Å². The fraction of sp³-hybridized carbons (Fsp3) is 0.500. The lowest BCUT2D eigenvalue weighted by Gasteiger charge is -2.20. The molecule has 1 aromatic heterocycles. The maximum atomic E-state index is 13.8. The van der Waals surface area contributed by atoms with Crippen molar-refractivity contribution in [3.05, 3.63) is 47.0 Å². The molecule has 0 bridgehead atoms. The highest BCUT2D eigenvalue weighted by Gasteiger charge is 2.09. The number of para-hydroxylation sites is 1. The zero-order valence-corrected chi connectivity index (χ0v) is 17.0. The Balaban J connectivity index is 1.86. The molecule has 7 heteroatoms. The first-order valence-electron chi connectivity index (χ1n) is 9.41. The normalized spacial score (nSPS) is 11.6. The highest BCUT2D eigenvalue weighted by Crippen LogP contribution is 2.17. The second-order valence-electron chi connectivity index (χ2n) is 6.62. The van der Waals surface area contributed by atoms with Crippen LogP contribution in [-0.2, 0) is 13.6 Å². The highest BCUT2D eigenvalue weighted by molar-refractivity contribution is 5.79. The average molecular weight is 375 g/mol. The lowest BCUT2D eigenvalue weighted by molar-refractivity contribution is 0.619. The van der Waals surface area contributed by atoms with Gasteiger partial charge >= 0.3 is 0 Å². The number of guanidine groups is 1. The molecule has 0 amide bonds. The Kier molecular flexibility index (Phi) is 7.64. The molecule has 6 nitrogen and oxygen atoms in total. The maximum Gasteiger partial charge on any atom is 0.191 e. The second-order valence-corrected chi connectivity index (χ2v) is 6.62. The molecule has 2 N–H and O–H groups in total. The van der Waals surface area contributed by atoms with Crippen molar-refractivity contribution in [1.29, 1.82) is 0 Å². The van der Waals surface area contributed by atoms with Gasteiger partial charge in [-0.05, 0) is 39.3 Å². The molecule has 0 aliphatic carbocycles. The topological polar surface area (TPSA) is 57.5 Å². The summed E-state index contributed by atoms with van der Waals surface area (Å²) in [6.45, 7) is 9.02. The van der Waals surface area contributed by atoms with Gasteiger partial charge < -0.3 is 15.5 Å². The number of aryl methyl sites for hydroxylation is 2. The molecule has 2 rings (SSSR count). The summed E-state index contributed by atoms with van der Waals surface area (Å²) in [5.41, 5.74) is 3.94. The summed E-state index contributed by atoms with van der Waals surface area (Å²) >= 11 is 0. The summed E-state index contributed by atoms with van der Waals surface area (Å²) in [6, 6.07) is 6.85. The third kappa shape index (κ3) is 5.70. The molecule has 1 heterocycles. The summed E-state index contributed by atoms with van der Waals surface area (Å²) < 4.78 is 15.7. The zero-order chi connectivity index (χ0) is 19.8. The van der Waals surface area contributed by atoms with Gasteiger partial charge in [-0.15, -0.1) is 0 Å². The molecule has 0 saturated heterocycles. The first-order valence-corrected chi connectivity index (χ1v) is 9.41. The largest absolute Gasteiger partial charge is 0.372 e. The molecule has 2 aromatic rings. The van der Waals surface area contributed by atoms with Crippen molar-refractivity contribution in [1.82, 2.24) is 20.4 Å². The van der Waals surface area contributed by atoms with Crippen molar-refractivity contribution in [3.63, 3.8) is 0 Å². The van der Waals surface area contributed by atoms with Crippen LogP contribution in [0.25, 0.3) is 0 Å². The van der Waals surface area contributed by atoms with Gasteiger partial charge in [0.25, 0.3) is 0 Å². The minimum atomic E-state index is -0.190. The van der Waals surface area contributed by atoms with Crippen LogP contribution >= 0.6 is 0 Å². The van der Waals surface area contributed by atoms with E-state index in [1.165, 1.54) is 6.07 Å². The van der Waals surface area contributed by atoms with Crippen LogP contribution in [0.2, 0.25) is 0 Å². The Bertz CT molecular complexity index is 768. The van der Waals surface area contributed by atoms with Gasteiger partial charge in [0.2, 0.25) is 0 Å². The van der Waals surface area contributed by atoms with Crippen LogP contribution in [0.15, 0.2) is 29.3 Å². The Morgan fingerprint density at radius 3 is 2.63 bits per heavy atom. The standard InChI is InChI=1S/C20H31FN6/c1-6-22-20(24-14-17-15(2)25-27(5)16(17)3)23-12-9-13-26(4)19-11-8-7-10-18(19)21/h7-8,10-11H,6,9,12-14H2,1-5H3,(H2,22,23,24). The molecular weight excluding hydrogens is 343 g/mol. The van der Waals surface area contributed by atoms with Gasteiger partial charge in [0, 0.05) is 45.0 Å². The van der Waals surface area contributed by atoms with Crippen LogP contribution in [0.4, 0.5) is 10.1 Å². The van der Waals surface area contributed by atoms with Gasteiger partial charge in [-0.2, -0.15) is 5.10 Å². The number of benzene rings is 1. The van der Waals surface area contributed by atoms with E-state index >= 15 is 0 Å². The lowest BCUT2D eigenvalue weighted by Crippen LogP contribution is -2.38. The van der Waals surface area contributed by atoms with E-state index in [4.69, 9.17) is 0 Å². The van der Waals surface area contributed by atoms with Crippen molar-refractivity contribution >= 4 is 11.6 Å². The third-order valence-electron chi connectivity index (χ3n) is 4.62. The highest BCUT2D eigenvalue weighted by atomic mass is 19.1. The first kappa shape index (κ1) is 20.7. The lowest BCUT2D eigenvalue weighted by atomic mass is 10.2. The molecule has 0 saturated carbocycles. The molecule has 0 fully saturated rings. The predicted octanol–water partition coefficient (Wildman–Crippen LogP) is 2.76. The van der Waals surface area contributed by atoms with Crippen LogP contribution in [-0.4, -0.2) is 42.4 Å². The monoisotopic (exact) mass is 374 g/mol. The smallest absolute Gasteiger partial charge is 0.191 e. The fourth-order valence-electron chi connectivity index (χ4n) is 2.95. The Morgan fingerprint density at radius 1 is 1.26 bits per heavy atom. The predicted molar refractivity (Wildman–Crippen MR) is 110 cm³/mol. The van der Waals surface area contributed by atoms with Gasteiger partial charge in [0.1, 0.15) is 5.82 Å². The van der Waals surface area contributed by atoms with Crippen LogP contribution in [0.3, 0.4) is 0 Å². The number of rotatable bonds is 8. The Morgan fingerprint density at radius 2 is 2.00 bits per heavy atom. The summed E-state index contributed by atoms with van der Waals surface area (Å²) in [4.78, 5) is 6.61. The van der Waals surface area contributed by atoms with E-state index in [0.717, 1.165) is 49.0 Å². The van der Waals surface area contributed by atoms with Crippen molar-refractivity contribution < 1.29 is 4.39 Å². The molecule has 0 spiro atoms. The van der Waals surface area contributed by atoms with E-state index in [0.29, 0.717) is 12.2 Å². The number of halogens is 1. The van der Waals surface area contributed by atoms with Crippen LogP contribution in [0, 0.1) is 19.7 Å². The Hall–Kier alpha value is -2.57. The molecule has 0 unspecified atom stereocenters. The summed E-state index contributed by atoms with van der Waals surface area (Å²) in [6.07, 6.45) is 0.875. The third-order valence-corrected chi connectivity index (χ3v) is 4.62. The SMILES string of the molecule is CCNC(=NCc1c(C)nn(C)c1C)NCCCN(C)c1ccccc1F. The van der Waals surface area contributed by atoms with Gasteiger partial charge in [-0.3, -0.25) is 4.68 Å². The second kappa shape index (κ2) is 9.94. The van der Waals surface area contributed by atoms with E-state index in [9.17, 15) is 4.39 Å². The molecule has 0 radical (unpaired) electrons. The first-order chi connectivity index (χ1) is 12.9. The van der Waals surface area contributed by atoms with E-state index in [1.807, 2.05) is 43.6 Å². The molecule has 0 aliphatic rings. The van der Waals surface area contributed by atoms with Crippen molar-refractivity contribution in [3.8, 4) is 0 Å². The van der Waals surface area contributed by atoms with Crippen LogP contribution < -0.4 is 15.5 Å². The average Bonchev–Trinajstić information content (AvgIpc) is 2.88. The fourth-order valence-corrected chi connectivity index (χ4v) is 2.95. The summed E-state index contributed by atoms with van der Waals surface area (Å²) in [5, 5.41) is 11.1. The maximum absolute atomic E-state index is 13.8. The quantitative estimate of drug-likeness (QED) is 0.424. The number of aliphatic imine (C=N–C) groups is 1. The van der Waals surface area contributed by atoms with E-state index < -0.39 is 0 Å². The molecule has 0 aliphatic heterocycles. The number of aromatic nitrogens is 2. The van der Waals surface area contributed by atoms with E-state index in [1.54, 1.807) is 12.1 Å². The van der Waals surface area contributed by atoms with Gasteiger partial charge in [-0.25, -0.2) is 9.38 Å².